The Morgan fingerprint density at radius 2 is 1.42 bits per heavy atom. The summed E-state index contributed by atoms with van der Waals surface area (Å²) in [5.74, 6) is 1.85. The van der Waals surface area contributed by atoms with Gasteiger partial charge in [0.1, 0.15) is 11.5 Å². The Balaban J connectivity index is 2.48. The number of unbranched alkanes of at least 4 members (excludes halogenated alkanes) is 4. The van der Waals surface area contributed by atoms with Crippen LogP contribution in [0.2, 0.25) is 0 Å². The molecule has 2 heteroatoms. The Labute approximate surface area is 159 Å². The van der Waals surface area contributed by atoms with Crippen LogP contribution in [0.5, 0.6) is 11.5 Å². The van der Waals surface area contributed by atoms with Crippen LogP contribution in [0.3, 0.4) is 0 Å². The number of hydrogen-bond acceptors (Lipinski definition) is 2. The summed E-state index contributed by atoms with van der Waals surface area (Å²) in [7, 11) is 3.49. The van der Waals surface area contributed by atoms with Crippen molar-refractivity contribution >= 4 is 0 Å². The summed E-state index contributed by atoms with van der Waals surface area (Å²) >= 11 is 0. The first-order valence-electron chi connectivity index (χ1n) is 10.1. The lowest BCUT2D eigenvalue weighted by atomic mass is 9.89. The highest BCUT2D eigenvalue weighted by Crippen LogP contribution is 2.34. The molecule has 0 aliphatic carbocycles. The van der Waals surface area contributed by atoms with Crippen molar-refractivity contribution in [3.8, 4) is 22.6 Å². The molecule has 2 aromatic carbocycles. The van der Waals surface area contributed by atoms with Gasteiger partial charge < -0.3 is 9.47 Å². The molecule has 0 saturated heterocycles. The zero-order chi connectivity index (χ0) is 18.8. The van der Waals surface area contributed by atoms with Gasteiger partial charge in [0.15, 0.2) is 0 Å². The largest absolute Gasteiger partial charge is 0.497 e. The third kappa shape index (κ3) is 5.52. The van der Waals surface area contributed by atoms with Gasteiger partial charge in [0.05, 0.1) is 14.2 Å². The molecule has 0 bridgehead atoms. The maximum Gasteiger partial charge on any atom is 0.119 e. The Morgan fingerprint density at radius 3 is 2.08 bits per heavy atom. The maximum atomic E-state index is 5.63. The van der Waals surface area contributed by atoms with Gasteiger partial charge in [0.2, 0.25) is 0 Å². The van der Waals surface area contributed by atoms with E-state index in [1.807, 2.05) is 6.07 Å². The second-order valence-electron chi connectivity index (χ2n) is 6.96. The second kappa shape index (κ2) is 10.9. The highest BCUT2D eigenvalue weighted by Gasteiger charge is 2.14. The molecule has 0 N–H and O–H groups in total. The minimum Gasteiger partial charge on any atom is -0.497 e. The monoisotopic (exact) mass is 354 g/mol. The molecule has 0 spiro atoms. The molecule has 0 aliphatic heterocycles. The molecule has 0 radical (unpaired) electrons. The molecular weight excluding hydrogens is 320 g/mol. The van der Waals surface area contributed by atoms with E-state index in [2.05, 4.69) is 44.2 Å². The van der Waals surface area contributed by atoms with Crippen molar-refractivity contribution in [2.45, 2.75) is 65.2 Å². The normalized spacial score (nSPS) is 10.8. The van der Waals surface area contributed by atoms with Crippen molar-refractivity contribution in [2.24, 2.45) is 0 Å². The van der Waals surface area contributed by atoms with Gasteiger partial charge in [-0.05, 0) is 72.2 Å². The number of ether oxygens (including phenoxy) is 2. The van der Waals surface area contributed by atoms with E-state index in [0.29, 0.717) is 0 Å². The maximum absolute atomic E-state index is 5.63. The third-order valence-electron chi connectivity index (χ3n) is 5.01. The molecule has 2 nitrogen and oxygen atoms in total. The highest BCUT2D eigenvalue weighted by atomic mass is 16.5. The fourth-order valence-corrected chi connectivity index (χ4v) is 3.50. The van der Waals surface area contributed by atoms with Gasteiger partial charge in [0.25, 0.3) is 0 Å². The molecule has 0 unspecified atom stereocenters. The Bertz CT molecular complexity index is 676. The molecule has 0 fully saturated rings. The van der Waals surface area contributed by atoms with Gasteiger partial charge in [0, 0.05) is 0 Å². The molecule has 0 aliphatic rings. The number of methoxy groups -OCH3 is 2. The first-order chi connectivity index (χ1) is 12.7. The molecule has 2 rings (SSSR count). The summed E-state index contributed by atoms with van der Waals surface area (Å²) < 4.78 is 11.1. The van der Waals surface area contributed by atoms with Gasteiger partial charge in [-0.1, -0.05) is 51.7 Å². The molecule has 0 atom stereocenters. The van der Waals surface area contributed by atoms with Crippen LogP contribution in [-0.4, -0.2) is 14.2 Å². The Hall–Kier alpha value is -1.96. The van der Waals surface area contributed by atoms with Crippen LogP contribution in [0.15, 0.2) is 36.4 Å². The van der Waals surface area contributed by atoms with Gasteiger partial charge in [-0.3, -0.25) is 0 Å². The van der Waals surface area contributed by atoms with E-state index in [0.717, 1.165) is 24.3 Å². The highest BCUT2D eigenvalue weighted by molar-refractivity contribution is 5.72. The van der Waals surface area contributed by atoms with Crippen LogP contribution in [0.4, 0.5) is 0 Å². The predicted octanol–water partition coefficient (Wildman–Crippen LogP) is 6.84. The van der Waals surface area contributed by atoms with Crippen LogP contribution < -0.4 is 9.47 Å². The summed E-state index contributed by atoms with van der Waals surface area (Å²) in [5.41, 5.74) is 5.45. The van der Waals surface area contributed by atoms with E-state index in [-0.39, 0.29) is 0 Å². The van der Waals surface area contributed by atoms with E-state index >= 15 is 0 Å². The molecule has 2 aromatic rings. The molecule has 142 valence electrons. The van der Waals surface area contributed by atoms with Crippen molar-refractivity contribution in [3.63, 3.8) is 0 Å². The average molecular weight is 355 g/mol. The number of rotatable bonds is 11. The van der Waals surface area contributed by atoms with Crippen molar-refractivity contribution in [1.29, 1.82) is 0 Å². The standard InChI is InChI=1S/C24H34O2/c1-5-7-9-12-19-17-22(26-4)18-24(23(19)15-10-8-6-2)20-13-11-14-21(16-20)25-3/h11,13-14,16-18H,5-10,12,15H2,1-4H3. The van der Waals surface area contributed by atoms with E-state index in [1.54, 1.807) is 14.2 Å². The lowest BCUT2D eigenvalue weighted by Crippen LogP contribution is -2.01. The molecule has 0 heterocycles. The zero-order valence-electron chi connectivity index (χ0n) is 16.9. The zero-order valence-corrected chi connectivity index (χ0v) is 16.9. The van der Waals surface area contributed by atoms with Gasteiger partial charge >= 0.3 is 0 Å². The lowest BCUT2D eigenvalue weighted by molar-refractivity contribution is 0.413. The summed E-state index contributed by atoms with van der Waals surface area (Å²) in [6, 6.07) is 12.8. The SMILES string of the molecule is CCCCCc1cc(OC)cc(-c2cccc(OC)c2)c1CCCCC. The summed E-state index contributed by atoms with van der Waals surface area (Å²) in [4.78, 5) is 0. The Kier molecular flexibility index (Phi) is 8.53. The number of aryl methyl sites for hydroxylation is 1. The van der Waals surface area contributed by atoms with Crippen LogP contribution in [0.25, 0.3) is 11.1 Å². The Morgan fingerprint density at radius 1 is 0.731 bits per heavy atom. The smallest absolute Gasteiger partial charge is 0.119 e. The van der Waals surface area contributed by atoms with Crippen molar-refractivity contribution in [2.75, 3.05) is 14.2 Å². The topological polar surface area (TPSA) is 18.5 Å². The summed E-state index contributed by atoms with van der Waals surface area (Å²) in [5, 5.41) is 0. The number of hydrogen-bond donors (Lipinski definition) is 0. The van der Waals surface area contributed by atoms with E-state index < -0.39 is 0 Å². The summed E-state index contributed by atoms with van der Waals surface area (Å²) in [6.45, 7) is 4.52. The molecular formula is C24H34O2. The molecule has 0 saturated carbocycles. The van der Waals surface area contributed by atoms with Gasteiger partial charge in [-0.25, -0.2) is 0 Å². The molecule has 0 amide bonds. The number of benzene rings is 2. The van der Waals surface area contributed by atoms with Crippen LogP contribution in [-0.2, 0) is 12.8 Å². The quantitative estimate of drug-likeness (QED) is 0.411. The predicted molar refractivity (Wildman–Crippen MR) is 111 cm³/mol. The van der Waals surface area contributed by atoms with E-state index in [4.69, 9.17) is 9.47 Å². The van der Waals surface area contributed by atoms with E-state index in [9.17, 15) is 0 Å². The van der Waals surface area contributed by atoms with Gasteiger partial charge in [-0.15, -0.1) is 0 Å². The fourth-order valence-electron chi connectivity index (χ4n) is 3.50. The van der Waals surface area contributed by atoms with Crippen LogP contribution in [0, 0.1) is 0 Å². The summed E-state index contributed by atoms with van der Waals surface area (Å²) in [6.07, 6.45) is 9.78. The average Bonchev–Trinajstić information content (AvgIpc) is 2.68. The van der Waals surface area contributed by atoms with Crippen molar-refractivity contribution in [1.82, 2.24) is 0 Å². The van der Waals surface area contributed by atoms with Crippen molar-refractivity contribution < 1.29 is 9.47 Å². The van der Waals surface area contributed by atoms with E-state index in [1.165, 1.54) is 60.8 Å². The van der Waals surface area contributed by atoms with Crippen molar-refractivity contribution in [3.05, 3.63) is 47.5 Å². The first kappa shape index (κ1) is 20.4. The van der Waals surface area contributed by atoms with Crippen LogP contribution in [0.1, 0.15) is 63.5 Å². The third-order valence-corrected chi connectivity index (χ3v) is 5.01. The lowest BCUT2D eigenvalue weighted by Gasteiger charge is -2.18. The minimum atomic E-state index is 0.900. The molecule has 0 aromatic heterocycles. The second-order valence-corrected chi connectivity index (χ2v) is 6.96. The first-order valence-corrected chi connectivity index (χ1v) is 10.1. The minimum absolute atomic E-state index is 0.900. The van der Waals surface area contributed by atoms with Crippen LogP contribution >= 0.6 is 0 Å². The van der Waals surface area contributed by atoms with Gasteiger partial charge in [-0.2, -0.15) is 0 Å². The fraction of sp³-hybridized carbons (Fsp3) is 0.500. The molecule has 26 heavy (non-hydrogen) atoms.